The first kappa shape index (κ1) is 20.9. The van der Waals surface area contributed by atoms with Gasteiger partial charge in [0.1, 0.15) is 0 Å². The normalized spacial score (nSPS) is 11.9. The van der Waals surface area contributed by atoms with Gasteiger partial charge in [0.15, 0.2) is 12.2 Å². The van der Waals surface area contributed by atoms with Gasteiger partial charge in [-0.25, -0.2) is 9.59 Å². The van der Waals surface area contributed by atoms with Crippen molar-refractivity contribution in [3.05, 3.63) is 71.8 Å². The van der Waals surface area contributed by atoms with Crippen molar-refractivity contribution < 1.29 is 49.5 Å². The molecule has 6 nitrogen and oxygen atoms in total. The van der Waals surface area contributed by atoms with Gasteiger partial charge in [0, 0.05) is 19.5 Å². The fraction of sp³-hybridized carbons (Fsp3) is 0.125. The van der Waals surface area contributed by atoms with Gasteiger partial charge in [-0.2, -0.15) is 0 Å². The van der Waals surface area contributed by atoms with Crippen LogP contribution in [0.5, 0.6) is 0 Å². The van der Waals surface area contributed by atoms with Crippen molar-refractivity contribution in [1.82, 2.24) is 0 Å². The average molecular weight is 370 g/mol. The summed E-state index contributed by atoms with van der Waals surface area (Å²) in [5.41, 5.74) is 0.806. The van der Waals surface area contributed by atoms with E-state index in [1.54, 1.807) is 60.7 Å². The number of benzene rings is 2. The Kier molecular flexibility index (Phi) is 9.66. The number of carboxylic acids is 2. The van der Waals surface area contributed by atoms with Crippen LogP contribution in [0.25, 0.3) is 0 Å². The SMILES string of the molecule is O=C(O)[C@H](O)c1ccccc1.O=C(O)[C@H](O)c1ccccc1.[Zn]. The van der Waals surface area contributed by atoms with Crippen molar-refractivity contribution in [3.8, 4) is 0 Å². The number of aliphatic hydroxyl groups excluding tert-OH is 2. The molecule has 0 aliphatic rings. The fourth-order valence-corrected chi connectivity index (χ4v) is 1.56. The molecule has 0 aliphatic carbocycles. The Hall–Kier alpha value is -2.08. The van der Waals surface area contributed by atoms with Crippen molar-refractivity contribution in [2.75, 3.05) is 0 Å². The molecule has 0 aliphatic heterocycles. The summed E-state index contributed by atoms with van der Waals surface area (Å²) in [4.78, 5) is 20.5. The Morgan fingerprint density at radius 3 is 1.13 bits per heavy atom. The van der Waals surface area contributed by atoms with E-state index < -0.39 is 24.1 Å². The second-order valence-corrected chi connectivity index (χ2v) is 4.30. The predicted octanol–water partition coefficient (Wildman–Crippen LogP) is 1.61. The average Bonchev–Trinajstić information content (AvgIpc) is 2.55. The van der Waals surface area contributed by atoms with Gasteiger partial charge in [-0.1, -0.05) is 60.7 Å². The number of carboxylic acid groups (broad SMARTS) is 2. The minimum absolute atomic E-state index is 0. The second-order valence-electron chi connectivity index (χ2n) is 4.30. The van der Waals surface area contributed by atoms with Gasteiger partial charge in [-0.05, 0) is 11.1 Å². The number of aliphatic hydroxyl groups is 2. The van der Waals surface area contributed by atoms with Crippen molar-refractivity contribution in [3.63, 3.8) is 0 Å². The maximum Gasteiger partial charge on any atom is 0.337 e. The van der Waals surface area contributed by atoms with E-state index in [9.17, 15) is 9.59 Å². The van der Waals surface area contributed by atoms with Gasteiger partial charge in [-0.15, -0.1) is 0 Å². The fourth-order valence-electron chi connectivity index (χ4n) is 1.56. The first-order chi connectivity index (χ1) is 10.4. The number of carbonyl (C=O) groups is 2. The summed E-state index contributed by atoms with van der Waals surface area (Å²) in [5, 5.41) is 34.8. The van der Waals surface area contributed by atoms with Gasteiger partial charge in [0.25, 0.3) is 0 Å². The summed E-state index contributed by atoms with van der Waals surface area (Å²) < 4.78 is 0. The zero-order valence-electron chi connectivity index (χ0n) is 12.2. The number of hydrogen-bond acceptors (Lipinski definition) is 4. The van der Waals surface area contributed by atoms with Gasteiger partial charge in [-0.3, -0.25) is 0 Å². The molecule has 0 aromatic heterocycles. The van der Waals surface area contributed by atoms with Crippen LogP contribution in [-0.2, 0) is 29.1 Å². The van der Waals surface area contributed by atoms with Gasteiger partial charge < -0.3 is 20.4 Å². The van der Waals surface area contributed by atoms with Crippen molar-refractivity contribution >= 4 is 11.9 Å². The molecule has 2 aromatic carbocycles. The molecule has 118 valence electrons. The van der Waals surface area contributed by atoms with Gasteiger partial charge in [0.2, 0.25) is 0 Å². The molecule has 0 bridgehead atoms. The molecule has 2 atom stereocenters. The van der Waals surface area contributed by atoms with Gasteiger partial charge in [0.05, 0.1) is 0 Å². The quantitative estimate of drug-likeness (QED) is 0.609. The number of hydrogen-bond donors (Lipinski definition) is 4. The largest absolute Gasteiger partial charge is 0.479 e. The summed E-state index contributed by atoms with van der Waals surface area (Å²) in [5.74, 6) is -2.45. The molecule has 0 saturated heterocycles. The molecule has 0 amide bonds. The molecule has 4 N–H and O–H groups in total. The molecule has 0 fully saturated rings. The molecule has 2 aromatic rings. The minimum atomic E-state index is -1.41. The zero-order valence-corrected chi connectivity index (χ0v) is 15.2. The van der Waals surface area contributed by atoms with E-state index in [-0.39, 0.29) is 19.5 Å². The van der Waals surface area contributed by atoms with E-state index in [4.69, 9.17) is 20.4 Å². The maximum atomic E-state index is 10.2. The van der Waals surface area contributed by atoms with Crippen LogP contribution < -0.4 is 0 Å². The van der Waals surface area contributed by atoms with E-state index in [0.29, 0.717) is 11.1 Å². The van der Waals surface area contributed by atoms with E-state index in [2.05, 4.69) is 0 Å². The zero-order chi connectivity index (χ0) is 16.5. The molecular weight excluding hydrogens is 354 g/mol. The molecule has 0 heterocycles. The maximum absolute atomic E-state index is 10.2. The van der Waals surface area contributed by atoms with Crippen LogP contribution >= 0.6 is 0 Å². The van der Waals surface area contributed by atoms with Crippen molar-refractivity contribution in [2.24, 2.45) is 0 Å². The third kappa shape index (κ3) is 7.15. The summed E-state index contributed by atoms with van der Waals surface area (Å²) in [7, 11) is 0. The van der Waals surface area contributed by atoms with E-state index in [0.717, 1.165) is 0 Å². The first-order valence-corrected chi connectivity index (χ1v) is 6.35. The van der Waals surface area contributed by atoms with Crippen LogP contribution in [0.15, 0.2) is 60.7 Å². The van der Waals surface area contributed by atoms with E-state index in [1.807, 2.05) is 0 Å². The molecule has 0 radical (unpaired) electrons. The van der Waals surface area contributed by atoms with Crippen LogP contribution in [0.2, 0.25) is 0 Å². The monoisotopic (exact) mass is 368 g/mol. The van der Waals surface area contributed by atoms with Crippen LogP contribution in [0.1, 0.15) is 23.3 Å². The standard InChI is InChI=1S/2C8H8O3.Zn/c2*9-7(8(10)11)6-4-2-1-3-5-6;/h2*1-5,7,9H,(H,10,11);/t2*7-;/m11./s1. The summed E-state index contributed by atoms with van der Waals surface area (Å²) >= 11 is 0. The Morgan fingerprint density at radius 1 is 0.652 bits per heavy atom. The Labute approximate surface area is 145 Å². The molecular formula is C16H16O6Zn. The molecule has 0 unspecified atom stereocenters. The second kappa shape index (κ2) is 10.6. The molecule has 0 saturated carbocycles. The van der Waals surface area contributed by atoms with Crippen LogP contribution in [-0.4, -0.2) is 32.4 Å². The summed E-state index contributed by atoms with van der Waals surface area (Å²) in [6.07, 6.45) is -2.81. The van der Waals surface area contributed by atoms with E-state index in [1.165, 1.54) is 0 Å². The van der Waals surface area contributed by atoms with Crippen molar-refractivity contribution in [1.29, 1.82) is 0 Å². The van der Waals surface area contributed by atoms with Crippen LogP contribution in [0, 0.1) is 0 Å². The minimum Gasteiger partial charge on any atom is -0.479 e. The summed E-state index contributed by atoms with van der Waals surface area (Å²) in [6, 6.07) is 16.5. The summed E-state index contributed by atoms with van der Waals surface area (Å²) in [6.45, 7) is 0. The third-order valence-corrected chi connectivity index (χ3v) is 2.70. The van der Waals surface area contributed by atoms with Gasteiger partial charge >= 0.3 is 11.9 Å². The molecule has 7 heteroatoms. The third-order valence-electron chi connectivity index (χ3n) is 2.70. The first-order valence-electron chi connectivity index (χ1n) is 6.35. The smallest absolute Gasteiger partial charge is 0.337 e. The topological polar surface area (TPSA) is 115 Å². The molecule has 2 rings (SSSR count). The van der Waals surface area contributed by atoms with Crippen LogP contribution in [0.4, 0.5) is 0 Å². The Bertz CT molecular complexity index is 547. The van der Waals surface area contributed by atoms with Crippen molar-refractivity contribution in [2.45, 2.75) is 12.2 Å². The van der Waals surface area contributed by atoms with Crippen LogP contribution in [0.3, 0.4) is 0 Å². The Balaban J connectivity index is 0.000000403. The predicted molar refractivity (Wildman–Crippen MR) is 78.1 cm³/mol. The molecule has 23 heavy (non-hydrogen) atoms. The number of rotatable bonds is 4. The molecule has 0 spiro atoms. The number of aliphatic carboxylic acids is 2. The Morgan fingerprint density at radius 2 is 0.913 bits per heavy atom. The van der Waals surface area contributed by atoms with E-state index >= 15 is 0 Å².